The van der Waals surface area contributed by atoms with E-state index >= 15 is 0 Å². The molecule has 1 rings (SSSR count). The fraction of sp³-hybridized carbons (Fsp3) is 0.538. The molecule has 3 heteroatoms. The zero-order valence-corrected chi connectivity index (χ0v) is 10.4. The molecular weight excluding hydrogens is 200 g/mol. The number of pyridine rings is 1. The van der Waals surface area contributed by atoms with Gasteiger partial charge in [-0.05, 0) is 18.6 Å². The Balaban J connectivity index is 3.49. The summed E-state index contributed by atoms with van der Waals surface area (Å²) in [5.74, 6) is 0. The predicted molar refractivity (Wildman–Crippen MR) is 64.4 cm³/mol. The van der Waals surface area contributed by atoms with Gasteiger partial charge < -0.3 is 4.57 Å². The third kappa shape index (κ3) is 2.33. The predicted octanol–water partition coefficient (Wildman–Crippen LogP) is 2.43. The zero-order chi connectivity index (χ0) is 12.3. The molecule has 1 heterocycles. The molecule has 0 atom stereocenters. The van der Waals surface area contributed by atoms with Crippen LogP contribution in [-0.4, -0.2) is 4.57 Å². The second-order valence-electron chi connectivity index (χ2n) is 4.95. The molecule has 1 aromatic rings. The normalized spacial score (nSPS) is 11.2. The first-order chi connectivity index (χ1) is 7.41. The average Bonchev–Trinajstić information content (AvgIpc) is 2.19. The van der Waals surface area contributed by atoms with Crippen LogP contribution in [0.3, 0.4) is 0 Å². The van der Waals surface area contributed by atoms with Crippen molar-refractivity contribution in [2.45, 2.75) is 46.1 Å². The van der Waals surface area contributed by atoms with Crippen molar-refractivity contribution >= 4 is 0 Å². The van der Waals surface area contributed by atoms with E-state index in [2.05, 4.69) is 20.8 Å². The Morgan fingerprint density at radius 3 is 2.44 bits per heavy atom. The fourth-order valence-corrected chi connectivity index (χ4v) is 1.76. The Morgan fingerprint density at radius 2 is 2.00 bits per heavy atom. The largest absolute Gasteiger partial charge is 0.311 e. The van der Waals surface area contributed by atoms with Crippen LogP contribution in [0.5, 0.6) is 0 Å². The maximum Gasteiger partial charge on any atom is 0.268 e. The minimum atomic E-state index is -0.170. The van der Waals surface area contributed by atoms with Crippen LogP contribution in [0.25, 0.3) is 0 Å². The Morgan fingerprint density at radius 1 is 1.38 bits per heavy atom. The highest BCUT2D eigenvalue weighted by molar-refractivity contribution is 5.29. The molecule has 0 N–H and O–H groups in total. The summed E-state index contributed by atoms with van der Waals surface area (Å²) in [6, 6.07) is 5.44. The van der Waals surface area contributed by atoms with E-state index in [0.717, 1.165) is 12.1 Å². The maximum absolute atomic E-state index is 12.0. The smallest absolute Gasteiger partial charge is 0.268 e. The van der Waals surface area contributed by atoms with E-state index in [1.54, 1.807) is 10.6 Å². The minimum Gasteiger partial charge on any atom is -0.311 e. The molecule has 3 nitrogen and oxygen atoms in total. The van der Waals surface area contributed by atoms with Crippen molar-refractivity contribution in [1.82, 2.24) is 4.57 Å². The number of hydrogen-bond acceptors (Lipinski definition) is 2. The number of rotatable bonds is 2. The number of nitriles is 1. The van der Waals surface area contributed by atoms with Crippen molar-refractivity contribution in [3.8, 4) is 6.07 Å². The van der Waals surface area contributed by atoms with Gasteiger partial charge >= 0.3 is 0 Å². The van der Waals surface area contributed by atoms with E-state index in [1.165, 1.54) is 0 Å². The van der Waals surface area contributed by atoms with Crippen molar-refractivity contribution in [3.63, 3.8) is 0 Å². The molecule has 86 valence electrons. The standard InChI is InChI=1S/C13H18N2O/c1-5-8-15-11(13(2,3)4)7-6-10(9-14)12(15)16/h6-7H,5,8H2,1-4H3. The second kappa shape index (κ2) is 4.52. The van der Waals surface area contributed by atoms with E-state index in [9.17, 15) is 4.79 Å². The van der Waals surface area contributed by atoms with Gasteiger partial charge in [-0.3, -0.25) is 4.79 Å². The number of aromatic nitrogens is 1. The summed E-state index contributed by atoms with van der Waals surface area (Å²) < 4.78 is 1.72. The zero-order valence-electron chi connectivity index (χ0n) is 10.4. The molecule has 0 unspecified atom stereocenters. The third-order valence-corrected chi connectivity index (χ3v) is 2.51. The van der Waals surface area contributed by atoms with Gasteiger partial charge in [-0.1, -0.05) is 27.7 Å². The lowest BCUT2D eigenvalue weighted by Crippen LogP contribution is -2.30. The quantitative estimate of drug-likeness (QED) is 0.765. The van der Waals surface area contributed by atoms with Gasteiger partial charge in [0, 0.05) is 17.7 Å². The van der Waals surface area contributed by atoms with Crippen LogP contribution < -0.4 is 5.56 Å². The lowest BCUT2D eigenvalue weighted by Gasteiger charge is -2.24. The van der Waals surface area contributed by atoms with Crippen LogP contribution in [0, 0.1) is 11.3 Å². The molecule has 1 aromatic heterocycles. The highest BCUT2D eigenvalue weighted by Gasteiger charge is 2.19. The molecule has 0 saturated heterocycles. The molecule has 0 radical (unpaired) electrons. The van der Waals surface area contributed by atoms with E-state index in [1.807, 2.05) is 19.1 Å². The second-order valence-corrected chi connectivity index (χ2v) is 4.95. The summed E-state index contributed by atoms with van der Waals surface area (Å²) in [6.07, 6.45) is 0.887. The molecule has 0 aliphatic heterocycles. The van der Waals surface area contributed by atoms with E-state index in [4.69, 9.17) is 5.26 Å². The van der Waals surface area contributed by atoms with Crippen LogP contribution in [0.15, 0.2) is 16.9 Å². The minimum absolute atomic E-state index is 0.0810. The average molecular weight is 218 g/mol. The summed E-state index contributed by atoms with van der Waals surface area (Å²) in [6.45, 7) is 8.90. The van der Waals surface area contributed by atoms with Gasteiger partial charge in [-0.2, -0.15) is 5.26 Å². The molecule has 0 bridgehead atoms. The Kier molecular flexibility index (Phi) is 3.54. The monoisotopic (exact) mass is 218 g/mol. The van der Waals surface area contributed by atoms with Crippen LogP contribution >= 0.6 is 0 Å². The van der Waals surface area contributed by atoms with Crippen molar-refractivity contribution in [3.05, 3.63) is 33.7 Å². The van der Waals surface area contributed by atoms with Gasteiger partial charge in [-0.15, -0.1) is 0 Å². The topological polar surface area (TPSA) is 45.8 Å². The van der Waals surface area contributed by atoms with Crippen molar-refractivity contribution in [2.75, 3.05) is 0 Å². The number of hydrogen-bond donors (Lipinski definition) is 0. The van der Waals surface area contributed by atoms with E-state index < -0.39 is 0 Å². The summed E-state index contributed by atoms with van der Waals surface area (Å²) in [5.41, 5.74) is 0.957. The highest BCUT2D eigenvalue weighted by Crippen LogP contribution is 2.21. The Labute approximate surface area is 96.3 Å². The molecule has 0 aliphatic carbocycles. The highest BCUT2D eigenvalue weighted by atomic mass is 16.1. The molecule has 0 spiro atoms. The molecule has 0 aliphatic rings. The molecule has 0 amide bonds. The van der Waals surface area contributed by atoms with Crippen LogP contribution in [-0.2, 0) is 12.0 Å². The Hall–Kier alpha value is -1.56. The first-order valence-corrected chi connectivity index (χ1v) is 5.56. The van der Waals surface area contributed by atoms with Gasteiger partial charge in [0.15, 0.2) is 0 Å². The van der Waals surface area contributed by atoms with Crippen LogP contribution in [0.2, 0.25) is 0 Å². The maximum atomic E-state index is 12.0. The van der Waals surface area contributed by atoms with Gasteiger partial charge in [0.25, 0.3) is 5.56 Å². The van der Waals surface area contributed by atoms with Crippen molar-refractivity contribution < 1.29 is 0 Å². The molecular formula is C13H18N2O. The summed E-state index contributed by atoms with van der Waals surface area (Å²) in [7, 11) is 0. The number of nitrogens with zero attached hydrogens (tertiary/aromatic N) is 2. The lowest BCUT2D eigenvalue weighted by atomic mass is 9.90. The first-order valence-electron chi connectivity index (χ1n) is 5.56. The summed E-state index contributed by atoms with van der Waals surface area (Å²) >= 11 is 0. The lowest BCUT2D eigenvalue weighted by molar-refractivity contribution is 0.497. The molecule has 0 fully saturated rings. The van der Waals surface area contributed by atoms with Gasteiger partial charge in [-0.25, -0.2) is 0 Å². The SMILES string of the molecule is CCCn1c(C(C)(C)C)ccc(C#N)c1=O. The third-order valence-electron chi connectivity index (χ3n) is 2.51. The summed E-state index contributed by atoms with van der Waals surface area (Å²) in [5, 5.41) is 8.84. The van der Waals surface area contributed by atoms with E-state index in [-0.39, 0.29) is 16.5 Å². The van der Waals surface area contributed by atoms with Gasteiger partial charge in [0.2, 0.25) is 0 Å². The molecule has 0 saturated carbocycles. The van der Waals surface area contributed by atoms with Crippen LogP contribution in [0.4, 0.5) is 0 Å². The van der Waals surface area contributed by atoms with Crippen molar-refractivity contribution in [2.24, 2.45) is 0 Å². The van der Waals surface area contributed by atoms with E-state index in [0.29, 0.717) is 6.54 Å². The Bertz CT molecular complexity index is 472. The van der Waals surface area contributed by atoms with Crippen LogP contribution in [0.1, 0.15) is 45.4 Å². The van der Waals surface area contributed by atoms with Crippen molar-refractivity contribution in [1.29, 1.82) is 5.26 Å². The molecule has 0 aromatic carbocycles. The van der Waals surface area contributed by atoms with Gasteiger partial charge in [0.05, 0.1) is 0 Å². The summed E-state index contributed by atoms with van der Waals surface area (Å²) in [4.78, 5) is 12.0. The molecule has 16 heavy (non-hydrogen) atoms. The van der Waals surface area contributed by atoms with Gasteiger partial charge in [0.1, 0.15) is 11.6 Å². The first kappa shape index (κ1) is 12.5. The fourth-order valence-electron chi connectivity index (χ4n) is 1.76.